The lowest BCUT2D eigenvalue weighted by atomic mass is 10.1. The summed E-state index contributed by atoms with van der Waals surface area (Å²) in [5.74, 6) is 1.64. The molecular weight excluding hydrogens is 264 g/mol. The Labute approximate surface area is 128 Å². The van der Waals surface area contributed by atoms with Crippen molar-refractivity contribution in [1.29, 1.82) is 0 Å². The van der Waals surface area contributed by atoms with Crippen LogP contribution >= 0.6 is 0 Å². The maximum absolute atomic E-state index is 5.38. The van der Waals surface area contributed by atoms with Gasteiger partial charge in [0.25, 0.3) is 0 Å². The van der Waals surface area contributed by atoms with E-state index in [0.29, 0.717) is 5.92 Å². The highest BCUT2D eigenvalue weighted by Crippen LogP contribution is 2.11. The molecule has 1 N–H and O–H groups in total. The number of aryl methyl sites for hydroxylation is 1. The highest BCUT2D eigenvalue weighted by Gasteiger charge is 2.14. The van der Waals surface area contributed by atoms with Crippen molar-refractivity contribution in [3.05, 3.63) is 12.4 Å². The van der Waals surface area contributed by atoms with E-state index in [-0.39, 0.29) is 0 Å². The third-order valence-electron chi connectivity index (χ3n) is 3.98. The number of nitrogens with zero attached hydrogens (tertiary/aromatic N) is 3. The normalized spacial score (nSPS) is 17.2. The van der Waals surface area contributed by atoms with Crippen molar-refractivity contribution >= 4 is 5.95 Å². The minimum Gasteiger partial charge on any atom is -0.382 e. The van der Waals surface area contributed by atoms with Gasteiger partial charge in [-0.3, -0.25) is 0 Å². The van der Waals surface area contributed by atoms with Gasteiger partial charge in [0.2, 0.25) is 5.95 Å². The van der Waals surface area contributed by atoms with Gasteiger partial charge in [-0.2, -0.15) is 0 Å². The maximum atomic E-state index is 5.38. The monoisotopic (exact) mass is 294 g/mol. The first-order valence-corrected chi connectivity index (χ1v) is 8.34. The van der Waals surface area contributed by atoms with Crippen molar-refractivity contribution in [3.8, 4) is 0 Å². The number of anilines is 1. The molecule has 0 amide bonds. The van der Waals surface area contributed by atoms with Crippen LogP contribution < -0.4 is 5.32 Å². The van der Waals surface area contributed by atoms with Crippen molar-refractivity contribution < 1.29 is 4.74 Å². The second-order valence-corrected chi connectivity index (χ2v) is 5.99. The van der Waals surface area contributed by atoms with Crippen molar-refractivity contribution in [2.24, 2.45) is 5.92 Å². The highest BCUT2D eigenvalue weighted by molar-refractivity contribution is 5.25. The molecule has 5 heteroatoms. The molecule has 1 fully saturated rings. The Kier molecular flexibility index (Phi) is 7.03. The highest BCUT2D eigenvalue weighted by atomic mass is 16.5. The Hall–Kier alpha value is -1.07. The fourth-order valence-electron chi connectivity index (χ4n) is 2.87. The van der Waals surface area contributed by atoms with Crippen LogP contribution in [0.15, 0.2) is 12.4 Å². The van der Waals surface area contributed by atoms with Crippen molar-refractivity contribution in [3.63, 3.8) is 0 Å². The average Bonchev–Trinajstić information content (AvgIpc) is 3.13. The zero-order valence-electron chi connectivity index (χ0n) is 13.6. The molecule has 120 valence electrons. The SMILES string of the molecule is CCOCCCn1ccnc1NCC(C)CN1CCCC1. The van der Waals surface area contributed by atoms with Crippen LogP contribution in [0.5, 0.6) is 0 Å². The molecule has 1 aliphatic heterocycles. The van der Waals surface area contributed by atoms with E-state index >= 15 is 0 Å². The summed E-state index contributed by atoms with van der Waals surface area (Å²) in [6, 6.07) is 0. The molecule has 0 bridgehead atoms. The van der Waals surface area contributed by atoms with Crippen LogP contribution in [0.25, 0.3) is 0 Å². The standard InChI is InChI=1S/C16H30N4O/c1-3-21-12-6-10-20-11-7-17-16(20)18-13-15(2)14-19-8-4-5-9-19/h7,11,15H,3-6,8-10,12-14H2,1-2H3,(H,17,18). The first-order valence-electron chi connectivity index (χ1n) is 8.34. The van der Waals surface area contributed by atoms with Gasteiger partial charge in [-0.25, -0.2) is 4.98 Å². The molecular formula is C16H30N4O. The van der Waals surface area contributed by atoms with E-state index in [0.717, 1.165) is 38.7 Å². The first-order chi connectivity index (χ1) is 10.3. The number of imidazole rings is 1. The van der Waals surface area contributed by atoms with Crippen LogP contribution in [0.1, 0.15) is 33.1 Å². The van der Waals surface area contributed by atoms with Gasteiger partial charge < -0.3 is 19.5 Å². The molecule has 2 rings (SSSR count). The van der Waals surface area contributed by atoms with Crippen molar-refractivity contribution in [2.45, 2.75) is 39.7 Å². The molecule has 0 radical (unpaired) electrons. The minimum absolute atomic E-state index is 0.650. The van der Waals surface area contributed by atoms with Crippen LogP contribution in [-0.2, 0) is 11.3 Å². The van der Waals surface area contributed by atoms with Crippen molar-refractivity contribution in [1.82, 2.24) is 14.5 Å². The van der Waals surface area contributed by atoms with Gasteiger partial charge in [0.15, 0.2) is 0 Å². The quantitative estimate of drug-likeness (QED) is 0.673. The van der Waals surface area contributed by atoms with E-state index in [4.69, 9.17) is 4.74 Å². The summed E-state index contributed by atoms with van der Waals surface area (Å²) in [5, 5.41) is 3.49. The largest absolute Gasteiger partial charge is 0.382 e. The molecule has 0 aromatic carbocycles. The van der Waals surface area contributed by atoms with Gasteiger partial charge in [-0.05, 0) is 45.2 Å². The molecule has 5 nitrogen and oxygen atoms in total. The summed E-state index contributed by atoms with van der Waals surface area (Å²) >= 11 is 0. The number of aromatic nitrogens is 2. The van der Waals surface area contributed by atoms with Crippen LogP contribution in [-0.4, -0.2) is 53.8 Å². The summed E-state index contributed by atoms with van der Waals surface area (Å²) < 4.78 is 7.57. The van der Waals surface area contributed by atoms with E-state index in [2.05, 4.69) is 26.7 Å². The Balaban J connectivity index is 1.68. The number of likely N-dealkylation sites (tertiary alicyclic amines) is 1. The smallest absolute Gasteiger partial charge is 0.202 e. The second-order valence-electron chi connectivity index (χ2n) is 5.99. The Bertz CT molecular complexity index is 387. The molecule has 1 aromatic heterocycles. The Morgan fingerprint density at radius 2 is 2.19 bits per heavy atom. The average molecular weight is 294 g/mol. The van der Waals surface area contributed by atoms with Crippen LogP contribution in [0.3, 0.4) is 0 Å². The summed E-state index contributed by atoms with van der Waals surface area (Å²) in [7, 11) is 0. The van der Waals surface area contributed by atoms with Gasteiger partial charge in [0.1, 0.15) is 0 Å². The Morgan fingerprint density at radius 3 is 2.95 bits per heavy atom. The van der Waals surface area contributed by atoms with Gasteiger partial charge in [0, 0.05) is 45.2 Å². The predicted octanol–water partition coefficient (Wildman–Crippen LogP) is 2.45. The molecule has 21 heavy (non-hydrogen) atoms. The maximum Gasteiger partial charge on any atom is 0.202 e. The third kappa shape index (κ3) is 5.67. The summed E-state index contributed by atoms with van der Waals surface area (Å²) in [6.45, 7) is 11.6. The van der Waals surface area contributed by atoms with Crippen LogP contribution in [0, 0.1) is 5.92 Å². The van der Waals surface area contributed by atoms with E-state index in [9.17, 15) is 0 Å². The van der Waals surface area contributed by atoms with E-state index in [1.54, 1.807) is 0 Å². The lowest BCUT2D eigenvalue weighted by molar-refractivity contribution is 0.142. The predicted molar refractivity (Wildman–Crippen MR) is 86.7 cm³/mol. The van der Waals surface area contributed by atoms with Crippen molar-refractivity contribution in [2.75, 3.05) is 44.7 Å². The molecule has 0 spiro atoms. The zero-order valence-corrected chi connectivity index (χ0v) is 13.6. The van der Waals surface area contributed by atoms with Gasteiger partial charge in [0.05, 0.1) is 0 Å². The van der Waals surface area contributed by atoms with Crippen LogP contribution in [0.4, 0.5) is 5.95 Å². The van der Waals surface area contributed by atoms with E-state index in [1.807, 2.05) is 19.3 Å². The molecule has 1 aromatic rings. The fourth-order valence-corrected chi connectivity index (χ4v) is 2.87. The summed E-state index contributed by atoms with van der Waals surface area (Å²) in [6.07, 6.45) is 7.67. The molecule has 1 aliphatic rings. The Morgan fingerprint density at radius 1 is 1.38 bits per heavy atom. The zero-order chi connectivity index (χ0) is 14.9. The van der Waals surface area contributed by atoms with E-state index in [1.165, 1.54) is 32.5 Å². The molecule has 1 saturated heterocycles. The molecule has 1 atom stereocenters. The lowest BCUT2D eigenvalue weighted by Gasteiger charge is -2.20. The summed E-state index contributed by atoms with van der Waals surface area (Å²) in [4.78, 5) is 6.99. The first kappa shape index (κ1) is 16.3. The third-order valence-corrected chi connectivity index (χ3v) is 3.98. The number of hydrogen-bond acceptors (Lipinski definition) is 4. The van der Waals surface area contributed by atoms with Crippen LogP contribution in [0.2, 0.25) is 0 Å². The molecule has 0 saturated carbocycles. The number of nitrogens with one attached hydrogen (secondary N) is 1. The fraction of sp³-hybridized carbons (Fsp3) is 0.812. The number of rotatable bonds is 10. The van der Waals surface area contributed by atoms with Gasteiger partial charge >= 0.3 is 0 Å². The number of ether oxygens (including phenoxy) is 1. The second kappa shape index (κ2) is 9.05. The summed E-state index contributed by atoms with van der Waals surface area (Å²) in [5.41, 5.74) is 0. The minimum atomic E-state index is 0.650. The molecule has 1 unspecified atom stereocenters. The van der Waals surface area contributed by atoms with Gasteiger partial charge in [-0.15, -0.1) is 0 Å². The van der Waals surface area contributed by atoms with E-state index < -0.39 is 0 Å². The topological polar surface area (TPSA) is 42.3 Å². The number of hydrogen-bond donors (Lipinski definition) is 1. The molecule has 0 aliphatic carbocycles. The van der Waals surface area contributed by atoms with Gasteiger partial charge in [-0.1, -0.05) is 6.92 Å². The molecule has 2 heterocycles. The lowest BCUT2D eigenvalue weighted by Crippen LogP contribution is -2.29.